The van der Waals surface area contributed by atoms with E-state index in [1.54, 1.807) is 10.8 Å². The molecule has 0 aliphatic rings. The van der Waals surface area contributed by atoms with E-state index >= 15 is 0 Å². The Hall–Kier alpha value is -2.43. The number of aromatic nitrogens is 1. The zero-order chi connectivity index (χ0) is 13.8. The van der Waals surface area contributed by atoms with Crippen molar-refractivity contribution in [3.05, 3.63) is 36.7 Å². The van der Waals surface area contributed by atoms with Crippen LogP contribution in [0, 0.1) is 0 Å². The first-order valence-corrected chi connectivity index (χ1v) is 5.88. The number of esters is 1. The van der Waals surface area contributed by atoms with Crippen LogP contribution in [-0.2, 0) is 9.53 Å². The van der Waals surface area contributed by atoms with Gasteiger partial charge in [-0.25, -0.2) is 4.79 Å². The average Bonchev–Trinajstić information content (AvgIpc) is 2.83. The molecule has 1 N–H and O–H groups in total. The maximum atomic E-state index is 11.6. The number of rotatable bonds is 4. The fraction of sp³-hybridized carbons (Fsp3) is 0.214. The Labute approximate surface area is 110 Å². The lowest BCUT2D eigenvalue weighted by atomic mass is 10.2. The van der Waals surface area contributed by atoms with Gasteiger partial charge in [0.05, 0.1) is 19.2 Å². The smallest absolute Gasteiger partial charge is 0.358 e. The molecule has 0 saturated carbocycles. The van der Waals surface area contributed by atoms with Gasteiger partial charge in [-0.2, -0.15) is 0 Å². The van der Waals surface area contributed by atoms with E-state index in [4.69, 9.17) is 4.74 Å². The zero-order valence-corrected chi connectivity index (χ0v) is 10.8. The molecule has 5 heteroatoms. The molecule has 0 saturated heterocycles. The van der Waals surface area contributed by atoms with E-state index in [-0.39, 0.29) is 5.70 Å². The molecule has 0 aliphatic carbocycles. The van der Waals surface area contributed by atoms with Crippen LogP contribution in [0.5, 0.6) is 5.75 Å². The van der Waals surface area contributed by atoms with Gasteiger partial charge in [0.25, 0.3) is 0 Å². The number of fused-ring (bicyclic) bond motifs is 1. The summed E-state index contributed by atoms with van der Waals surface area (Å²) in [5, 5.41) is 10.2. The summed E-state index contributed by atoms with van der Waals surface area (Å²) in [6.07, 6.45) is 2.43. The van der Waals surface area contributed by atoms with Crippen LogP contribution in [0.3, 0.4) is 0 Å². The third-order valence-electron chi connectivity index (χ3n) is 2.75. The Morgan fingerprint density at radius 2 is 2.21 bits per heavy atom. The van der Waals surface area contributed by atoms with Crippen LogP contribution in [0.15, 0.2) is 36.7 Å². The fourth-order valence-electron chi connectivity index (χ4n) is 1.89. The first-order chi connectivity index (χ1) is 9.21. The van der Waals surface area contributed by atoms with Crippen LogP contribution in [0.4, 0.5) is 0 Å². The van der Waals surface area contributed by atoms with E-state index in [9.17, 15) is 9.90 Å². The third kappa shape index (κ3) is 2.40. The van der Waals surface area contributed by atoms with Gasteiger partial charge in [-0.1, -0.05) is 0 Å². The Bertz CT molecular complexity index is 627. The monoisotopic (exact) mass is 261 g/mol. The van der Waals surface area contributed by atoms with Crippen molar-refractivity contribution in [3.8, 4) is 5.75 Å². The molecule has 0 bridgehead atoms. The highest BCUT2D eigenvalue weighted by Gasteiger charge is 2.15. The average molecular weight is 261 g/mol. The van der Waals surface area contributed by atoms with Crippen LogP contribution >= 0.6 is 0 Å². The molecule has 0 spiro atoms. The number of aliphatic hydroxyl groups excluding tert-OH is 1. The molecule has 0 unspecified atom stereocenters. The topological polar surface area (TPSA) is 60.7 Å². The van der Waals surface area contributed by atoms with Crippen LogP contribution in [0.2, 0.25) is 0 Å². The molecule has 1 heterocycles. The summed E-state index contributed by atoms with van der Waals surface area (Å²) in [4.78, 5) is 11.6. The minimum absolute atomic E-state index is 0.0474. The number of carbonyl (C=O) groups is 1. The van der Waals surface area contributed by atoms with Gasteiger partial charge in [0.2, 0.25) is 0 Å². The van der Waals surface area contributed by atoms with Crippen LogP contribution in [0.25, 0.3) is 16.6 Å². The second-order valence-electron chi connectivity index (χ2n) is 3.85. The van der Waals surface area contributed by atoms with E-state index in [1.165, 1.54) is 7.11 Å². The number of benzene rings is 1. The van der Waals surface area contributed by atoms with Crippen molar-refractivity contribution >= 4 is 22.6 Å². The van der Waals surface area contributed by atoms with Gasteiger partial charge in [0, 0.05) is 17.6 Å². The maximum Gasteiger partial charge on any atom is 0.358 e. The van der Waals surface area contributed by atoms with E-state index in [1.807, 2.05) is 31.2 Å². The third-order valence-corrected chi connectivity index (χ3v) is 2.75. The Kier molecular flexibility index (Phi) is 3.75. The molecular formula is C14H15NO4. The van der Waals surface area contributed by atoms with Gasteiger partial charge in [0.1, 0.15) is 12.0 Å². The van der Waals surface area contributed by atoms with E-state index < -0.39 is 5.97 Å². The lowest BCUT2D eigenvalue weighted by Gasteiger charge is -2.08. The lowest BCUT2D eigenvalue weighted by molar-refractivity contribution is -0.134. The maximum absolute atomic E-state index is 11.6. The summed E-state index contributed by atoms with van der Waals surface area (Å²) >= 11 is 0. The predicted octanol–water partition coefficient (Wildman–Crippen LogP) is 2.57. The molecule has 0 atom stereocenters. The van der Waals surface area contributed by atoms with Crippen molar-refractivity contribution in [2.45, 2.75) is 6.92 Å². The first kappa shape index (κ1) is 13.0. The molecular weight excluding hydrogens is 246 g/mol. The van der Waals surface area contributed by atoms with Crippen molar-refractivity contribution in [1.82, 2.24) is 4.57 Å². The second-order valence-corrected chi connectivity index (χ2v) is 3.85. The van der Waals surface area contributed by atoms with Gasteiger partial charge in [0.15, 0.2) is 5.70 Å². The minimum Gasteiger partial charge on any atom is -0.513 e. The van der Waals surface area contributed by atoms with E-state index in [2.05, 4.69) is 4.74 Å². The Balaban J connectivity index is 2.54. The van der Waals surface area contributed by atoms with E-state index in [0.717, 1.165) is 17.2 Å². The lowest BCUT2D eigenvalue weighted by Crippen LogP contribution is -2.09. The van der Waals surface area contributed by atoms with Crippen molar-refractivity contribution in [2.75, 3.05) is 13.7 Å². The van der Waals surface area contributed by atoms with Crippen LogP contribution in [0.1, 0.15) is 6.92 Å². The molecule has 2 aromatic rings. The normalized spacial score (nSPS) is 11.6. The van der Waals surface area contributed by atoms with Gasteiger partial charge in [-0.15, -0.1) is 0 Å². The molecule has 0 fully saturated rings. The molecule has 5 nitrogen and oxygen atoms in total. The van der Waals surface area contributed by atoms with E-state index in [0.29, 0.717) is 12.4 Å². The van der Waals surface area contributed by atoms with Crippen molar-refractivity contribution in [3.63, 3.8) is 0 Å². The largest absolute Gasteiger partial charge is 0.513 e. The summed E-state index contributed by atoms with van der Waals surface area (Å²) < 4.78 is 11.6. The van der Waals surface area contributed by atoms with Gasteiger partial charge >= 0.3 is 5.97 Å². The number of carbonyl (C=O) groups excluding carboxylic acids is 1. The Morgan fingerprint density at radius 3 is 2.84 bits per heavy atom. The highest BCUT2D eigenvalue weighted by atomic mass is 16.5. The fourth-order valence-corrected chi connectivity index (χ4v) is 1.89. The molecule has 19 heavy (non-hydrogen) atoms. The molecule has 0 amide bonds. The highest BCUT2D eigenvalue weighted by Crippen LogP contribution is 2.25. The minimum atomic E-state index is -0.609. The predicted molar refractivity (Wildman–Crippen MR) is 72.0 cm³/mol. The number of aliphatic hydroxyl groups is 1. The molecule has 1 aromatic carbocycles. The number of nitrogens with zero attached hydrogens (tertiary/aromatic N) is 1. The molecule has 0 aliphatic heterocycles. The number of ether oxygens (including phenoxy) is 2. The standard InChI is InChI=1S/C14H15NO4/c1-3-19-11-5-4-10-6-7-15(12(10)8-11)13(9-16)14(17)18-2/h4-9,16H,3H2,1-2H3. The SMILES string of the molecule is CCOc1ccc2ccn(C(=CO)C(=O)OC)c2c1. The second kappa shape index (κ2) is 5.48. The van der Waals surface area contributed by atoms with Crippen molar-refractivity contribution in [1.29, 1.82) is 0 Å². The molecule has 100 valence electrons. The molecule has 1 aromatic heterocycles. The highest BCUT2D eigenvalue weighted by molar-refractivity contribution is 6.11. The number of hydrogen-bond donors (Lipinski definition) is 1. The number of hydrogen-bond acceptors (Lipinski definition) is 4. The van der Waals surface area contributed by atoms with Crippen molar-refractivity contribution < 1.29 is 19.4 Å². The zero-order valence-electron chi connectivity index (χ0n) is 10.8. The quantitative estimate of drug-likeness (QED) is 0.522. The summed E-state index contributed by atoms with van der Waals surface area (Å²) in [5.74, 6) is 0.0962. The van der Waals surface area contributed by atoms with Crippen LogP contribution < -0.4 is 4.74 Å². The van der Waals surface area contributed by atoms with Crippen molar-refractivity contribution in [2.24, 2.45) is 0 Å². The first-order valence-electron chi connectivity index (χ1n) is 5.88. The Morgan fingerprint density at radius 1 is 1.42 bits per heavy atom. The number of methoxy groups -OCH3 is 1. The summed E-state index contributed by atoms with van der Waals surface area (Å²) in [5.41, 5.74) is 0.808. The van der Waals surface area contributed by atoms with Gasteiger partial charge in [-0.3, -0.25) is 0 Å². The molecule has 2 rings (SSSR count). The summed E-state index contributed by atoms with van der Waals surface area (Å²) in [6.45, 7) is 2.46. The van der Waals surface area contributed by atoms with Gasteiger partial charge in [-0.05, 0) is 25.1 Å². The summed E-state index contributed by atoms with van der Waals surface area (Å²) in [6, 6.07) is 7.41. The molecule has 0 radical (unpaired) electrons. The van der Waals surface area contributed by atoms with Gasteiger partial charge < -0.3 is 19.1 Å². The van der Waals surface area contributed by atoms with Crippen LogP contribution in [-0.4, -0.2) is 29.4 Å². The summed E-state index contributed by atoms with van der Waals surface area (Å²) in [7, 11) is 1.27.